The maximum atomic E-state index is 11.3. The molecule has 0 aromatic carbocycles. The Hall–Kier alpha value is 0.640. The Labute approximate surface area is 76.9 Å². The second kappa shape index (κ2) is 4.04. The van der Waals surface area contributed by atoms with Gasteiger partial charge in [0, 0.05) is 0 Å². The number of hydrogen-bond acceptors (Lipinski definition) is 2. The summed E-state index contributed by atoms with van der Waals surface area (Å²) < 4.78 is 24.3. The molecule has 0 aliphatic carbocycles. The molecule has 0 aromatic rings. The van der Waals surface area contributed by atoms with Crippen LogP contribution in [0.4, 0.5) is 0 Å². The molecule has 0 saturated carbocycles. The molecule has 1 aliphatic heterocycles. The van der Waals surface area contributed by atoms with Gasteiger partial charge in [0.25, 0.3) is 0 Å². The molecule has 11 heavy (non-hydrogen) atoms. The Kier molecular flexibility index (Phi) is 3.57. The third kappa shape index (κ3) is 2.55. The monoisotopic (exact) mass is 290 g/mol. The van der Waals surface area contributed by atoms with Crippen molar-refractivity contribution in [2.24, 2.45) is 0 Å². The predicted octanol–water partition coefficient (Wildman–Crippen LogP) is -2.56. The van der Waals surface area contributed by atoms with E-state index >= 15 is 0 Å². The van der Waals surface area contributed by atoms with Crippen LogP contribution in [0.1, 0.15) is 19.3 Å². The molecule has 5 heteroatoms. The number of halogens is 1. The molecule has 0 unspecified atom stereocenters. The summed E-state index contributed by atoms with van der Waals surface area (Å²) in [4.78, 5) is 1.81. The first-order valence-corrected chi connectivity index (χ1v) is 9.82. The van der Waals surface area contributed by atoms with Gasteiger partial charge in [0.1, 0.15) is 0 Å². The van der Waals surface area contributed by atoms with Gasteiger partial charge in [-0.15, -0.1) is 0 Å². The third-order valence-corrected chi connectivity index (χ3v) is 8.20. The zero-order valence-corrected chi connectivity index (χ0v) is 9.56. The Balaban J connectivity index is 2.58. The first-order chi connectivity index (χ1) is 5.17. The van der Waals surface area contributed by atoms with Crippen molar-refractivity contribution in [1.82, 2.24) is 4.31 Å². The molecule has 0 atom stereocenters. The SMILES string of the molecule is C[I-]S(=O)(=O)N1CCCCC1. The molecule has 0 N–H and O–H groups in total. The van der Waals surface area contributed by atoms with Gasteiger partial charge in [0.05, 0.1) is 0 Å². The van der Waals surface area contributed by atoms with Crippen molar-refractivity contribution in [1.29, 1.82) is 0 Å². The molecular formula is C6H13INO2S-. The molecule has 1 heterocycles. The van der Waals surface area contributed by atoms with E-state index in [1.54, 1.807) is 4.31 Å². The van der Waals surface area contributed by atoms with E-state index in [-0.39, 0.29) is 0 Å². The Morgan fingerprint density at radius 2 is 1.73 bits per heavy atom. The van der Waals surface area contributed by atoms with Gasteiger partial charge in [-0.3, -0.25) is 0 Å². The normalized spacial score (nSPS) is 22.3. The van der Waals surface area contributed by atoms with E-state index in [2.05, 4.69) is 0 Å². The standard InChI is InChI=1S/C6H13INO2S/c1-7-11(9,10)8-5-3-2-4-6-8/h2-6H2,1H3/q-1. The number of rotatable bonds is 2. The van der Waals surface area contributed by atoms with Crippen LogP contribution >= 0.6 is 0 Å². The van der Waals surface area contributed by atoms with Crippen molar-refractivity contribution in [3.63, 3.8) is 0 Å². The van der Waals surface area contributed by atoms with Gasteiger partial charge in [0.2, 0.25) is 0 Å². The molecular weight excluding hydrogens is 277 g/mol. The van der Waals surface area contributed by atoms with E-state index in [0.29, 0.717) is 0 Å². The van der Waals surface area contributed by atoms with Gasteiger partial charge in [0.15, 0.2) is 0 Å². The fraction of sp³-hybridized carbons (Fsp3) is 1.00. The zero-order valence-electron chi connectivity index (χ0n) is 6.59. The molecule has 1 fully saturated rings. The van der Waals surface area contributed by atoms with Crippen molar-refractivity contribution in [2.75, 3.05) is 18.0 Å². The van der Waals surface area contributed by atoms with Gasteiger partial charge >= 0.3 is 77.0 Å². The van der Waals surface area contributed by atoms with Crippen molar-refractivity contribution < 1.29 is 28.2 Å². The Morgan fingerprint density at radius 3 is 2.18 bits per heavy atom. The quantitative estimate of drug-likeness (QED) is 0.319. The molecule has 1 aliphatic rings. The van der Waals surface area contributed by atoms with Gasteiger partial charge in [-0.2, -0.15) is 0 Å². The van der Waals surface area contributed by atoms with E-state index in [1.807, 2.05) is 4.93 Å². The van der Waals surface area contributed by atoms with Crippen molar-refractivity contribution in [3.8, 4) is 0 Å². The van der Waals surface area contributed by atoms with Crippen LogP contribution in [0.2, 0.25) is 0 Å². The zero-order chi connectivity index (χ0) is 8.32. The topological polar surface area (TPSA) is 37.4 Å². The molecule has 1 saturated heterocycles. The van der Waals surface area contributed by atoms with Crippen LogP contribution in [-0.4, -0.2) is 30.7 Å². The summed E-state index contributed by atoms with van der Waals surface area (Å²) in [5.74, 6) is 0. The minimum atomic E-state index is -2.78. The molecule has 1 rings (SSSR count). The Bertz CT molecular complexity index is 209. The van der Waals surface area contributed by atoms with Crippen LogP contribution in [0.3, 0.4) is 0 Å². The number of alkyl halides is 1. The van der Waals surface area contributed by atoms with E-state index in [9.17, 15) is 8.42 Å². The summed E-state index contributed by atoms with van der Waals surface area (Å²) in [5.41, 5.74) is 0. The average Bonchev–Trinajstić information content (AvgIpc) is 2.06. The average molecular weight is 290 g/mol. The number of hydrogen-bond donors (Lipinski definition) is 0. The molecule has 68 valence electrons. The van der Waals surface area contributed by atoms with Gasteiger partial charge in [-0.25, -0.2) is 0 Å². The first-order valence-electron chi connectivity index (χ1n) is 3.68. The Morgan fingerprint density at radius 1 is 1.18 bits per heavy atom. The van der Waals surface area contributed by atoms with Gasteiger partial charge in [-0.1, -0.05) is 0 Å². The summed E-state index contributed by atoms with van der Waals surface area (Å²) in [7, 11) is -2.78. The summed E-state index contributed by atoms with van der Waals surface area (Å²) in [6, 6.07) is 0. The third-order valence-electron chi connectivity index (χ3n) is 1.82. The van der Waals surface area contributed by atoms with Crippen molar-refractivity contribution in [2.45, 2.75) is 19.3 Å². The van der Waals surface area contributed by atoms with E-state index in [0.717, 1.165) is 25.9 Å². The second-order valence-corrected chi connectivity index (χ2v) is 10.2. The van der Waals surface area contributed by atoms with E-state index in [4.69, 9.17) is 0 Å². The van der Waals surface area contributed by atoms with Crippen LogP contribution in [-0.2, 0) is 7.19 Å². The summed E-state index contributed by atoms with van der Waals surface area (Å²) >= 11 is -0.666. The fourth-order valence-electron chi connectivity index (χ4n) is 1.18. The number of nitrogens with zero attached hydrogens (tertiary/aromatic N) is 1. The maximum absolute atomic E-state index is 11.3. The molecule has 3 nitrogen and oxygen atoms in total. The summed E-state index contributed by atoms with van der Waals surface area (Å²) in [5, 5.41) is 0. The van der Waals surface area contributed by atoms with E-state index in [1.165, 1.54) is 6.42 Å². The predicted molar refractivity (Wildman–Crippen MR) is 40.3 cm³/mol. The van der Waals surface area contributed by atoms with Gasteiger partial charge < -0.3 is 0 Å². The first kappa shape index (κ1) is 9.73. The van der Waals surface area contributed by atoms with Crippen molar-refractivity contribution in [3.05, 3.63) is 0 Å². The fourth-order valence-corrected chi connectivity index (χ4v) is 4.92. The molecule has 0 radical (unpaired) electrons. The summed E-state index contributed by atoms with van der Waals surface area (Å²) in [6.45, 7) is 1.52. The molecule has 0 amide bonds. The van der Waals surface area contributed by atoms with Crippen LogP contribution in [0.25, 0.3) is 0 Å². The van der Waals surface area contributed by atoms with Crippen LogP contribution in [0, 0.1) is 0 Å². The molecule has 0 spiro atoms. The second-order valence-electron chi connectivity index (χ2n) is 2.56. The van der Waals surface area contributed by atoms with Crippen LogP contribution < -0.4 is 19.8 Å². The van der Waals surface area contributed by atoms with E-state index < -0.39 is 27.0 Å². The molecule has 0 aromatic heterocycles. The van der Waals surface area contributed by atoms with Crippen LogP contribution in [0.5, 0.6) is 0 Å². The van der Waals surface area contributed by atoms with Crippen molar-refractivity contribution >= 4 is 7.19 Å². The summed E-state index contributed by atoms with van der Waals surface area (Å²) in [6.07, 6.45) is 3.28. The van der Waals surface area contributed by atoms with Crippen LogP contribution in [0.15, 0.2) is 0 Å². The molecule has 0 bridgehead atoms. The van der Waals surface area contributed by atoms with Gasteiger partial charge in [-0.05, 0) is 0 Å². The number of piperidine rings is 1. The minimum absolute atomic E-state index is 0.666.